The van der Waals surface area contributed by atoms with Crippen LogP contribution >= 0.6 is 0 Å². The summed E-state index contributed by atoms with van der Waals surface area (Å²) >= 11 is 0. The van der Waals surface area contributed by atoms with E-state index >= 15 is 0 Å². The average molecular weight is 267 g/mol. The van der Waals surface area contributed by atoms with Gasteiger partial charge in [-0.1, -0.05) is 24.3 Å². The van der Waals surface area contributed by atoms with Crippen molar-refractivity contribution in [3.8, 4) is 0 Å². The molecule has 4 atom stereocenters. The first kappa shape index (κ1) is 11.6. The Kier molecular flexibility index (Phi) is 2.25. The van der Waals surface area contributed by atoms with E-state index in [0.29, 0.717) is 11.3 Å². The first-order valence-electron chi connectivity index (χ1n) is 6.82. The monoisotopic (exact) mass is 267 g/mol. The van der Waals surface area contributed by atoms with Gasteiger partial charge in [-0.2, -0.15) is 0 Å². The lowest BCUT2D eigenvalue weighted by Crippen LogP contribution is -2.32. The van der Waals surface area contributed by atoms with Gasteiger partial charge in [0.05, 0.1) is 17.5 Å². The maximum atomic E-state index is 12.6. The van der Waals surface area contributed by atoms with Crippen molar-refractivity contribution in [2.24, 2.45) is 23.7 Å². The summed E-state index contributed by atoms with van der Waals surface area (Å²) in [5, 5.41) is 0. The van der Waals surface area contributed by atoms with Crippen molar-refractivity contribution in [2.45, 2.75) is 6.42 Å². The molecule has 2 aliphatic carbocycles. The van der Waals surface area contributed by atoms with Crippen LogP contribution in [0.15, 0.2) is 36.4 Å². The number of amides is 2. The summed E-state index contributed by atoms with van der Waals surface area (Å²) in [5.74, 6) is -0.198. The van der Waals surface area contributed by atoms with Crippen LogP contribution in [-0.4, -0.2) is 18.1 Å². The van der Waals surface area contributed by atoms with E-state index in [9.17, 15) is 14.4 Å². The van der Waals surface area contributed by atoms with Crippen molar-refractivity contribution in [3.63, 3.8) is 0 Å². The SMILES string of the molecule is O=Cc1cccc(N2C(=O)C3C4C=CC(C4)C3C2=O)c1. The number of imide groups is 1. The van der Waals surface area contributed by atoms with Gasteiger partial charge in [0.2, 0.25) is 11.8 Å². The molecule has 2 bridgehead atoms. The van der Waals surface area contributed by atoms with Gasteiger partial charge in [-0.05, 0) is 30.4 Å². The molecule has 1 aliphatic heterocycles. The first-order chi connectivity index (χ1) is 9.70. The number of carbonyl (C=O) groups excluding carboxylic acids is 3. The number of nitrogens with zero attached hydrogens (tertiary/aromatic N) is 1. The summed E-state index contributed by atoms with van der Waals surface area (Å²) in [7, 11) is 0. The fraction of sp³-hybridized carbons (Fsp3) is 0.312. The van der Waals surface area contributed by atoms with Gasteiger partial charge in [0.1, 0.15) is 6.29 Å². The Balaban J connectivity index is 1.75. The van der Waals surface area contributed by atoms with Crippen molar-refractivity contribution in [2.75, 3.05) is 4.90 Å². The highest BCUT2D eigenvalue weighted by atomic mass is 16.2. The van der Waals surface area contributed by atoms with E-state index < -0.39 is 0 Å². The molecule has 0 N–H and O–H groups in total. The van der Waals surface area contributed by atoms with Crippen LogP contribution in [0.4, 0.5) is 5.69 Å². The minimum atomic E-state index is -0.197. The molecule has 3 aliphatic rings. The van der Waals surface area contributed by atoms with E-state index in [1.807, 2.05) is 0 Å². The van der Waals surface area contributed by atoms with Gasteiger partial charge >= 0.3 is 0 Å². The number of rotatable bonds is 2. The number of hydrogen-bond donors (Lipinski definition) is 0. The number of hydrogen-bond acceptors (Lipinski definition) is 3. The van der Waals surface area contributed by atoms with Crippen molar-refractivity contribution >= 4 is 23.8 Å². The Bertz CT molecular complexity index is 633. The van der Waals surface area contributed by atoms with E-state index in [1.54, 1.807) is 24.3 Å². The third-order valence-corrected chi connectivity index (χ3v) is 4.73. The maximum absolute atomic E-state index is 12.6. The van der Waals surface area contributed by atoms with Crippen LogP contribution in [0.25, 0.3) is 0 Å². The number of benzene rings is 1. The summed E-state index contributed by atoms with van der Waals surface area (Å²) in [5.41, 5.74) is 0.986. The molecule has 4 nitrogen and oxygen atoms in total. The third-order valence-electron chi connectivity index (χ3n) is 4.73. The molecule has 0 spiro atoms. The van der Waals surface area contributed by atoms with Crippen LogP contribution in [0.3, 0.4) is 0 Å². The standard InChI is InChI=1S/C16H13NO3/c18-8-9-2-1-3-12(6-9)17-15(19)13-10-4-5-11(7-10)14(13)16(17)20/h1-6,8,10-11,13-14H,7H2. The molecule has 2 amide bonds. The lowest BCUT2D eigenvalue weighted by Gasteiger charge is -2.17. The Hall–Kier alpha value is -2.23. The second kappa shape index (κ2) is 3.88. The van der Waals surface area contributed by atoms with E-state index in [4.69, 9.17) is 0 Å². The van der Waals surface area contributed by atoms with Crippen molar-refractivity contribution < 1.29 is 14.4 Å². The molecule has 1 heterocycles. The second-order valence-electron chi connectivity index (χ2n) is 5.72. The molecule has 0 radical (unpaired) electrons. The first-order valence-corrected chi connectivity index (χ1v) is 6.82. The molecule has 4 heteroatoms. The molecular formula is C16H13NO3. The molecule has 20 heavy (non-hydrogen) atoms. The molecule has 1 saturated heterocycles. The minimum Gasteiger partial charge on any atom is -0.298 e. The van der Waals surface area contributed by atoms with Crippen LogP contribution in [0.1, 0.15) is 16.8 Å². The summed E-state index contributed by atoms with van der Waals surface area (Å²) in [4.78, 5) is 37.3. The Morgan fingerprint density at radius 2 is 1.70 bits per heavy atom. The van der Waals surface area contributed by atoms with Crippen LogP contribution in [0, 0.1) is 23.7 Å². The van der Waals surface area contributed by atoms with Gasteiger partial charge < -0.3 is 0 Å². The third kappa shape index (κ3) is 1.33. The van der Waals surface area contributed by atoms with E-state index in [-0.39, 0.29) is 35.5 Å². The van der Waals surface area contributed by atoms with Gasteiger partial charge in [-0.25, -0.2) is 4.90 Å². The highest BCUT2D eigenvalue weighted by Crippen LogP contribution is 2.53. The topological polar surface area (TPSA) is 54.5 Å². The largest absolute Gasteiger partial charge is 0.298 e. The zero-order valence-electron chi connectivity index (χ0n) is 10.7. The molecule has 0 aromatic heterocycles. The highest BCUT2D eigenvalue weighted by Gasteiger charge is 2.59. The van der Waals surface area contributed by atoms with Crippen LogP contribution in [-0.2, 0) is 9.59 Å². The normalized spacial score (nSPS) is 33.9. The second-order valence-corrected chi connectivity index (χ2v) is 5.72. The van der Waals surface area contributed by atoms with Crippen LogP contribution in [0.5, 0.6) is 0 Å². The number of allylic oxidation sites excluding steroid dienone is 2. The van der Waals surface area contributed by atoms with Gasteiger partial charge in [-0.15, -0.1) is 0 Å². The van der Waals surface area contributed by atoms with E-state index in [1.165, 1.54) is 4.90 Å². The highest BCUT2D eigenvalue weighted by molar-refractivity contribution is 6.23. The zero-order chi connectivity index (χ0) is 13.9. The fourth-order valence-electron chi connectivity index (χ4n) is 3.89. The number of carbonyl (C=O) groups is 3. The maximum Gasteiger partial charge on any atom is 0.238 e. The summed E-state index contributed by atoms with van der Waals surface area (Å²) in [6.45, 7) is 0. The predicted molar refractivity (Wildman–Crippen MR) is 72.0 cm³/mol. The Morgan fingerprint density at radius 1 is 1.05 bits per heavy atom. The molecule has 1 saturated carbocycles. The lowest BCUT2D eigenvalue weighted by molar-refractivity contribution is -0.123. The average Bonchev–Trinajstić information content (AvgIpc) is 3.13. The van der Waals surface area contributed by atoms with Crippen molar-refractivity contribution in [3.05, 3.63) is 42.0 Å². The van der Waals surface area contributed by atoms with Gasteiger partial charge in [-0.3, -0.25) is 14.4 Å². The summed E-state index contributed by atoms with van der Waals surface area (Å²) in [6, 6.07) is 6.66. The van der Waals surface area contributed by atoms with E-state index in [2.05, 4.69) is 12.2 Å². The van der Waals surface area contributed by atoms with E-state index in [0.717, 1.165) is 12.7 Å². The fourth-order valence-corrected chi connectivity index (χ4v) is 3.89. The smallest absolute Gasteiger partial charge is 0.238 e. The molecule has 4 unspecified atom stereocenters. The molecule has 1 aromatic rings. The molecular weight excluding hydrogens is 254 g/mol. The van der Waals surface area contributed by atoms with Crippen molar-refractivity contribution in [1.29, 1.82) is 0 Å². The van der Waals surface area contributed by atoms with Gasteiger partial charge in [0.25, 0.3) is 0 Å². The molecule has 2 fully saturated rings. The van der Waals surface area contributed by atoms with Crippen LogP contribution in [0.2, 0.25) is 0 Å². The Labute approximate surface area is 116 Å². The number of fused-ring (bicyclic) bond motifs is 5. The quantitative estimate of drug-likeness (QED) is 0.466. The Morgan fingerprint density at radius 3 is 2.30 bits per heavy atom. The molecule has 100 valence electrons. The number of aldehydes is 1. The van der Waals surface area contributed by atoms with Gasteiger partial charge in [0, 0.05) is 5.56 Å². The summed E-state index contributed by atoms with van der Waals surface area (Å²) in [6.07, 6.45) is 5.79. The zero-order valence-corrected chi connectivity index (χ0v) is 10.7. The lowest BCUT2D eigenvalue weighted by atomic mass is 9.85. The summed E-state index contributed by atoms with van der Waals surface area (Å²) < 4.78 is 0. The molecule has 1 aromatic carbocycles. The predicted octanol–water partition coefficient (Wildman–Crippen LogP) is 1.81. The van der Waals surface area contributed by atoms with Crippen LogP contribution < -0.4 is 4.90 Å². The van der Waals surface area contributed by atoms with Gasteiger partial charge in [0.15, 0.2) is 0 Å². The molecule has 4 rings (SSSR count). The van der Waals surface area contributed by atoms with Crippen molar-refractivity contribution in [1.82, 2.24) is 0 Å². The minimum absolute atomic E-state index is 0.111. The number of anilines is 1.